The first-order valence-corrected chi connectivity index (χ1v) is 9.38. The summed E-state index contributed by atoms with van der Waals surface area (Å²) >= 11 is 1.43. The molecule has 3 heterocycles. The van der Waals surface area contributed by atoms with Crippen LogP contribution in [0, 0.1) is 0 Å². The van der Waals surface area contributed by atoms with Gasteiger partial charge in [-0.1, -0.05) is 6.07 Å². The predicted molar refractivity (Wildman–Crippen MR) is 103 cm³/mol. The number of carbonyl (C=O) groups is 1. The normalized spacial score (nSPS) is 10.9. The van der Waals surface area contributed by atoms with Gasteiger partial charge in [-0.2, -0.15) is 0 Å². The number of nitrogens with one attached hydrogen (secondary N) is 1. The molecule has 0 bridgehead atoms. The van der Waals surface area contributed by atoms with Crippen molar-refractivity contribution in [2.45, 2.75) is 13.5 Å². The number of hydrogen-bond donors (Lipinski definition) is 1. The molecule has 0 aliphatic heterocycles. The van der Waals surface area contributed by atoms with Crippen LogP contribution in [-0.4, -0.2) is 32.1 Å². The first-order valence-electron chi connectivity index (χ1n) is 8.50. The van der Waals surface area contributed by atoms with Crippen molar-refractivity contribution in [1.29, 1.82) is 0 Å². The van der Waals surface area contributed by atoms with E-state index in [2.05, 4.69) is 20.5 Å². The smallest absolute Gasteiger partial charge is 0.271 e. The molecular formula is C19H17N5O2S. The molecule has 0 saturated carbocycles. The molecule has 0 unspecified atom stereocenters. The van der Waals surface area contributed by atoms with Crippen LogP contribution in [-0.2, 0) is 6.54 Å². The summed E-state index contributed by atoms with van der Waals surface area (Å²) in [5, 5.41) is 13.6. The molecule has 0 aliphatic rings. The summed E-state index contributed by atoms with van der Waals surface area (Å²) in [6.45, 7) is 2.85. The van der Waals surface area contributed by atoms with Gasteiger partial charge in [0.15, 0.2) is 11.5 Å². The van der Waals surface area contributed by atoms with Crippen LogP contribution in [0.1, 0.15) is 23.2 Å². The fourth-order valence-corrected chi connectivity index (χ4v) is 3.44. The Bertz CT molecular complexity index is 1070. The maximum absolute atomic E-state index is 12.4. The quantitative estimate of drug-likeness (QED) is 0.556. The van der Waals surface area contributed by atoms with E-state index in [0.717, 1.165) is 22.0 Å². The molecular weight excluding hydrogens is 362 g/mol. The molecule has 1 aromatic carbocycles. The third kappa shape index (κ3) is 3.65. The largest absolute Gasteiger partial charge is 0.494 e. The van der Waals surface area contributed by atoms with Gasteiger partial charge < -0.3 is 10.1 Å². The van der Waals surface area contributed by atoms with E-state index in [-0.39, 0.29) is 12.5 Å². The molecule has 4 aromatic rings. The monoisotopic (exact) mass is 379 g/mol. The molecule has 8 heteroatoms. The highest BCUT2D eigenvalue weighted by Crippen LogP contribution is 2.25. The van der Waals surface area contributed by atoms with Gasteiger partial charge >= 0.3 is 0 Å². The molecule has 0 saturated heterocycles. The van der Waals surface area contributed by atoms with Gasteiger partial charge in [0, 0.05) is 17.1 Å². The average Bonchev–Trinajstić information content (AvgIpc) is 3.35. The second-order valence-corrected chi connectivity index (χ2v) is 6.58. The SMILES string of the molecule is CCOc1ccc(-c2nc(C(=O)NCc3nnc4ccccn34)cs2)cc1. The van der Waals surface area contributed by atoms with Gasteiger partial charge in [-0.3, -0.25) is 9.20 Å². The number of rotatable bonds is 6. The molecule has 27 heavy (non-hydrogen) atoms. The van der Waals surface area contributed by atoms with Crippen LogP contribution >= 0.6 is 11.3 Å². The summed E-state index contributed by atoms with van der Waals surface area (Å²) in [6.07, 6.45) is 1.86. The maximum Gasteiger partial charge on any atom is 0.271 e. The second kappa shape index (κ2) is 7.55. The third-order valence-corrected chi connectivity index (χ3v) is 4.83. The third-order valence-electron chi connectivity index (χ3n) is 3.94. The summed E-state index contributed by atoms with van der Waals surface area (Å²) in [5.41, 5.74) is 2.08. The molecule has 1 N–H and O–H groups in total. The van der Waals surface area contributed by atoms with Crippen molar-refractivity contribution >= 4 is 22.9 Å². The van der Waals surface area contributed by atoms with E-state index in [1.807, 2.05) is 60.0 Å². The lowest BCUT2D eigenvalue weighted by Crippen LogP contribution is -2.24. The summed E-state index contributed by atoms with van der Waals surface area (Å²) < 4.78 is 7.28. The summed E-state index contributed by atoms with van der Waals surface area (Å²) in [5.74, 6) is 1.24. The number of thiazole rings is 1. The highest BCUT2D eigenvalue weighted by molar-refractivity contribution is 7.13. The number of carbonyl (C=O) groups excluding carboxylic acids is 1. The lowest BCUT2D eigenvalue weighted by Gasteiger charge is -2.03. The zero-order valence-electron chi connectivity index (χ0n) is 14.6. The van der Waals surface area contributed by atoms with Gasteiger partial charge in [0.2, 0.25) is 0 Å². The molecule has 1 amide bonds. The molecule has 136 valence electrons. The first kappa shape index (κ1) is 17.2. The van der Waals surface area contributed by atoms with Crippen molar-refractivity contribution in [3.63, 3.8) is 0 Å². The highest BCUT2D eigenvalue weighted by Gasteiger charge is 2.13. The van der Waals surface area contributed by atoms with Crippen molar-refractivity contribution in [2.24, 2.45) is 0 Å². The lowest BCUT2D eigenvalue weighted by atomic mass is 10.2. The number of ether oxygens (including phenoxy) is 1. The number of pyridine rings is 1. The molecule has 0 fully saturated rings. The fourth-order valence-electron chi connectivity index (χ4n) is 2.63. The Morgan fingerprint density at radius 3 is 2.85 bits per heavy atom. The molecule has 7 nitrogen and oxygen atoms in total. The number of hydrogen-bond acceptors (Lipinski definition) is 6. The van der Waals surface area contributed by atoms with Crippen LogP contribution in [0.15, 0.2) is 54.0 Å². The molecule has 0 radical (unpaired) electrons. The van der Waals surface area contributed by atoms with E-state index >= 15 is 0 Å². The van der Waals surface area contributed by atoms with E-state index in [4.69, 9.17) is 4.74 Å². The van der Waals surface area contributed by atoms with E-state index in [1.165, 1.54) is 11.3 Å². The Morgan fingerprint density at radius 1 is 1.19 bits per heavy atom. The highest BCUT2D eigenvalue weighted by atomic mass is 32.1. The average molecular weight is 379 g/mol. The maximum atomic E-state index is 12.4. The summed E-state index contributed by atoms with van der Waals surface area (Å²) in [7, 11) is 0. The topological polar surface area (TPSA) is 81.4 Å². The van der Waals surface area contributed by atoms with Gasteiger partial charge in [0.1, 0.15) is 16.5 Å². The standard InChI is InChI=1S/C19H17N5O2S/c1-2-26-14-8-6-13(7-9-14)19-21-15(12-27-19)18(25)20-11-17-23-22-16-5-3-4-10-24(16)17/h3-10,12H,2,11H2,1H3,(H,20,25). The van der Waals surface area contributed by atoms with Crippen molar-refractivity contribution in [2.75, 3.05) is 6.61 Å². The van der Waals surface area contributed by atoms with Crippen molar-refractivity contribution < 1.29 is 9.53 Å². The molecule has 0 atom stereocenters. The minimum absolute atomic E-state index is 0.240. The van der Waals surface area contributed by atoms with E-state index < -0.39 is 0 Å². The summed E-state index contributed by atoms with van der Waals surface area (Å²) in [4.78, 5) is 16.9. The van der Waals surface area contributed by atoms with Crippen LogP contribution in [0.3, 0.4) is 0 Å². The van der Waals surface area contributed by atoms with E-state index in [1.54, 1.807) is 5.38 Å². The van der Waals surface area contributed by atoms with Crippen LogP contribution in [0.4, 0.5) is 0 Å². The Labute approximate surface area is 159 Å². The second-order valence-electron chi connectivity index (χ2n) is 5.72. The molecule has 0 aliphatic carbocycles. The zero-order valence-corrected chi connectivity index (χ0v) is 15.4. The number of fused-ring (bicyclic) bond motifs is 1. The van der Waals surface area contributed by atoms with Crippen LogP contribution in [0.2, 0.25) is 0 Å². The Kier molecular flexibility index (Phi) is 4.80. The number of benzene rings is 1. The van der Waals surface area contributed by atoms with Gasteiger partial charge in [0.25, 0.3) is 5.91 Å². The molecule has 0 spiro atoms. The summed E-state index contributed by atoms with van der Waals surface area (Å²) in [6, 6.07) is 13.3. The fraction of sp³-hybridized carbons (Fsp3) is 0.158. The van der Waals surface area contributed by atoms with Crippen molar-refractivity contribution in [1.82, 2.24) is 24.9 Å². The number of nitrogens with zero attached hydrogens (tertiary/aromatic N) is 4. The molecule has 4 rings (SSSR count). The van der Waals surface area contributed by atoms with Crippen molar-refractivity contribution in [3.8, 4) is 16.3 Å². The van der Waals surface area contributed by atoms with E-state index in [9.17, 15) is 4.79 Å². The van der Waals surface area contributed by atoms with Crippen LogP contribution in [0.5, 0.6) is 5.75 Å². The van der Waals surface area contributed by atoms with Crippen molar-refractivity contribution in [3.05, 3.63) is 65.6 Å². The minimum Gasteiger partial charge on any atom is -0.494 e. The molecule has 3 aromatic heterocycles. The minimum atomic E-state index is -0.240. The predicted octanol–water partition coefficient (Wildman–Crippen LogP) is 3.18. The number of amides is 1. The first-order chi connectivity index (χ1) is 13.2. The van der Waals surface area contributed by atoms with Gasteiger partial charge in [0.05, 0.1) is 13.2 Å². The Hall–Kier alpha value is -3.26. The van der Waals surface area contributed by atoms with E-state index in [0.29, 0.717) is 18.1 Å². The zero-order chi connectivity index (χ0) is 18.6. The van der Waals surface area contributed by atoms with Gasteiger partial charge in [-0.25, -0.2) is 4.98 Å². The van der Waals surface area contributed by atoms with Gasteiger partial charge in [-0.05, 0) is 43.3 Å². The lowest BCUT2D eigenvalue weighted by molar-refractivity contribution is 0.0945. The van der Waals surface area contributed by atoms with Crippen LogP contribution < -0.4 is 10.1 Å². The Balaban J connectivity index is 1.44. The number of aromatic nitrogens is 4. The van der Waals surface area contributed by atoms with Gasteiger partial charge in [-0.15, -0.1) is 21.5 Å². The Morgan fingerprint density at radius 2 is 2.04 bits per heavy atom. The van der Waals surface area contributed by atoms with Crippen LogP contribution in [0.25, 0.3) is 16.2 Å².